The number of fused-ring (bicyclic) bond motifs is 1. The van der Waals surface area contributed by atoms with Crippen molar-refractivity contribution in [2.45, 2.75) is 19.4 Å². The number of rotatable bonds is 6. The van der Waals surface area contributed by atoms with Gasteiger partial charge in [-0.3, -0.25) is 4.79 Å². The molecular weight excluding hydrogens is 354 g/mol. The van der Waals surface area contributed by atoms with Gasteiger partial charge in [-0.1, -0.05) is 0 Å². The van der Waals surface area contributed by atoms with Crippen LogP contribution in [0.25, 0.3) is 10.9 Å². The summed E-state index contributed by atoms with van der Waals surface area (Å²) >= 11 is 0. The molecule has 1 N–H and O–H groups in total. The lowest BCUT2D eigenvalue weighted by atomic mass is 9.97. The number of carbonyl (C=O) groups excluding carboxylic acids is 1. The fourth-order valence-electron chi connectivity index (χ4n) is 3.77. The summed E-state index contributed by atoms with van der Waals surface area (Å²) in [6.45, 7) is 2.90. The maximum atomic E-state index is 12.6. The number of methoxy groups -OCH3 is 1. The Morgan fingerprint density at radius 2 is 2.14 bits per heavy atom. The van der Waals surface area contributed by atoms with E-state index < -0.39 is 0 Å². The molecule has 1 amide bonds. The summed E-state index contributed by atoms with van der Waals surface area (Å²) < 4.78 is 7.43. The Morgan fingerprint density at radius 3 is 2.96 bits per heavy atom. The molecule has 0 spiro atoms. The Labute approximate surface area is 164 Å². The normalized spacial score (nSPS) is 16.9. The topological polar surface area (TPSA) is 72.3 Å². The number of aromatic nitrogens is 3. The summed E-state index contributed by atoms with van der Waals surface area (Å²) in [5.74, 6) is 1.64. The molecule has 0 bridgehead atoms. The van der Waals surface area contributed by atoms with E-state index in [2.05, 4.69) is 36.9 Å². The maximum absolute atomic E-state index is 12.6. The third kappa shape index (κ3) is 3.93. The van der Waals surface area contributed by atoms with E-state index in [1.54, 1.807) is 25.6 Å². The fraction of sp³-hybridized carbons (Fsp3) is 0.381. The molecule has 1 atom stereocenters. The zero-order chi connectivity index (χ0) is 19.3. The molecule has 0 radical (unpaired) electrons. The molecule has 0 aliphatic carbocycles. The van der Waals surface area contributed by atoms with Gasteiger partial charge in [-0.15, -0.1) is 0 Å². The van der Waals surface area contributed by atoms with Crippen molar-refractivity contribution in [1.82, 2.24) is 19.9 Å². The lowest BCUT2D eigenvalue weighted by molar-refractivity contribution is -0.125. The molecule has 0 saturated carbocycles. The smallest absolute Gasteiger partial charge is 0.225 e. The highest BCUT2D eigenvalue weighted by Gasteiger charge is 2.26. The van der Waals surface area contributed by atoms with Crippen LogP contribution in [0.15, 0.2) is 48.9 Å². The highest BCUT2D eigenvalue weighted by molar-refractivity contribution is 5.82. The van der Waals surface area contributed by atoms with Crippen molar-refractivity contribution in [2.75, 3.05) is 31.6 Å². The van der Waals surface area contributed by atoms with Crippen LogP contribution in [0, 0.1) is 5.92 Å². The summed E-state index contributed by atoms with van der Waals surface area (Å²) in [7, 11) is 1.67. The lowest BCUT2D eigenvalue weighted by Gasteiger charge is -2.31. The molecule has 146 valence electrons. The van der Waals surface area contributed by atoms with Crippen LogP contribution in [-0.2, 0) is 11.3 Å². The lowest BCUT2D eigenvalue weighted by Crippen LogP contribution is -2.44. The molecule has 4 rings (SSSR count). The van der Waals surface area contributed by atoms with Gasteiger partial charge in [0.25, 0.3) is 0 Å². The molecule has 1 aliphatic heterocycles. The van der Waals surface area contributed by atoms with Gasteiger partial charge in [-0.05, 0) is 43.2 Å². The number of hydrogen-bond acceptors (Lipinski definition) is 5. The van der Waals surface area contributed by atoms with Gasteiger partial charge < -0.3 is 19.5 Å². The molecule has 1 fully saturated rings. The van der Waals surface area contributed by atoms with Crippen LogP contribution >= 0.6 is 0 Å². The average Bonchev–Trinajstić information content (AvgIpc) is 3.16. The van der Waals surface area contributed by atoms with Gasteiger partial charge in [0.05, 0.1) is 13.0 Å². The summed E-state index contributed by atoms with van der Waals surface area (Å²) in [5.41, 5.74) is 1.14. The molecule has 1 aromatic carbocycles. The molecule has 2 aromatic heterocycles. The molecule has 7 heteroatoms. The Kier molecular flexibility index (Phi) is 5.41. The van der Waals surface area contributed by atoms with Crippen molar-refractivity contribution in [3.05, 3.63) is 48.9 Å². The van der Waals surface area contributed by atoms with Gasteiger partial charge in [0, 0.05) is 55.7 Å². The van der Waals surface area contributed by atoms with E-state index in [4.69, 9.17) is 4.74 Å². The highest BCUT2D eigenvalue weighted by atomic mass is 16.5. The second-order valence-electron chi connectivity index (χ2n) is 7.06. The van der Waals surface area contributed by atoms with Gasteiger partial charge in [-0.2, -0.15) is 0 Å². The van der Waals surface area contributed by atoms with Crippen molar-refractivity contribution >= 4 is 22.8 Å². The number of benzene rings is 1. The SMILES string of the molecule is COc1ccc2c(ccn2CCNC(=O)[C@@H]2CCCN(c3ncccn3)C2)c1. The predicted molar refractivity (Wildman–Crippen MR) is 108 cm³/mol. The van der Waals surface area contributed by atoms with Gasteiger partial charge >= 0.3 is 0 Å². The second-order valence-corrected chi connectivity index (χ2v) is 7.06. The minimum atomic E-state index is -0.0248. The number of amides is 1. The molecule has 28 heavy (non-hydrogen) atoms. The van der Waals surface area contributed by atoms with Crippen LogP contribution in [0.4, 0.5) is 5.95 Å². The third-order valence-corrected chi connectivity index (χ3v) is 5.26. The average molecular weight is 379 g/mol. The van der Waals surface area contributed by atoms with E-state index in [0.717, 1.165) is 42.6 Å². The predicted octanol–water partition coefficient (Wildman–Crippen LogP) is 2.47. The van der Waals surface area contributed by atoms with E-state index >= 15 is 0 Å². The number of hydrogen-bond donors (Lipinski definition) is 1. The van der Waals surface area contributed by atoms with Crippen molar-refractivity contribution in [1.29, 1.82) is 0 Å². The Bertz CT molecular complexity index is 940. The Hall–Kier alpha value is -3.09. The van der Waals surface area contributed by atoms with E-state index in [9.17, 15) is 4.79 Å². The highest BCUT2D eigenvalue weighted by Crippen LogP contribution is 2.22. The van der Waals surface area contributed by atoms with Gasteiger partial charge in [0.2, 0.25) is 11.9 Å². The summed E-state index contributed by atoms with van der Waals surface area (Å²) in [6, 6.07) is 9.90. The van der Waals surface area contributed by atoms with E-state index in [1.807, 2.05) is 18.3 Å². The minimum Gasteiger partial charge on any atom is -0.497 e. The van der Waals surface area contributed by atoms with Crippen LogP contribution in [0.5, 0.6) is 5.75 Å². The van der Waals surface area contributed by atoms with Crippen molar-refractivity contribution in [2.24, 2.45) is 5.92 Å². The number of piperidine rings is 1. The first-order valence-corrected chi connectivity index (χ1v) is 9.67. The van der Waals surface area contributed by atoms with Crippen LogP contribution in [0.1, 0.15) is 12.8 Å². The largest absolute Gasteiger partial charge is 0.497 e. The number of nitrogens with one attached hydrogen (secondary N) is 1. The van der Waals surface area contributed by atoms with Crippen molar-refractivity contribution in [3.8, 4) is 5.75 Å². The second kappa shape index (κ2) is 8.29. The molecule has 1 saturated heterocycles. The summed E-state index contributed by atoms with van der Waals surface area (Å²) in [5, 5.41) is 4.23. The number of anilines is 1. The zero-order valence-electron chi connectivity index (χ0n) is 16.0. The Balaban J connectivity index is 1.32. The molecule has 0 unspecified atom stereocenters. The molecule has 1 aliphatic rings. The first-order chi connectivity index (χ1) is 13.7. The van der Waals surface area contributed by atoms with Gasteiger partial charge in [0.1, 0.15) is 5.75 Å². The van der Waals surface area contributed by atoms with Crippen LogP contribution < -0.4 is 15.0 Å². The molecule has 3 aromatic rings. The molecule has 3 heterocycles. The summed E-state index contributed by atoms with van der Waals surface area (Å²) in [6.07, 6.45) is 7.40. The van der Waals surface area contributed by atoms with Crippen molar-refractivity contribution in [3.63, 3.8) is 0 Å². The van der Waals surface area contributed by atoms with Crippen LogP contribution in [0.3, 0.4) is 0 Å². The minimum absolute atomic E-state index is 0.0248. The van der Waals surface area contributed by atoms with E-state index in [1.165, 1.54) is 0 Å². The monoisotopic (exact) mass is 379 g/mol. The first-order valence-electron chi connectivity index (χ1n) is 9.67. The van der Waals surface area contributed by atoms with Gasteiger partial charge in [0.15, 0.2) is 0 Å². The number of nitrogens with zero attached hydrogens (tertiary/aromatic N) is 4. The standard InChI is InChI=1S/C21H25N5O2/c1-28-18-5-6-19-16(14-18)7-12-25(19)13-10-22-20(27)17-4-2-11-26(15-17)21-23-8-3-9-24-21/h3,5-9,12,14,17H,2,4,10-11,13,15H2,1H3,(H,22,27)/t17-/m1/s1. The molecular formula is C21H25N5O2. The first kappa shape index (κ1) is 18.3. The quantitative estimate of drug-likeness (QED) is 0.712. The Morgan fingerprint density at radius 1 is 1.29 bits per heavy atom. The van der Waals surface area contributed by atoms with Crippen LogP contribution in [0.2, 0.25) is 0 Å². The maximum Gasteiger partial charge on any atom is 0.225 e. The number of ether oxygens (including phenoxy) is 1. The van der Waals surface area contributed by atoms with Crippen LogP contribution in [-0.4, -0.2) is 47.2 Å². The van der Waals surface area contributed by atoms with Crippen molar-refractivity contribution < 1.29 is 9.53 Å². The van der Waals surface area contributed by atoms with E-state index in [0.29, 0.717) is 19.0 Å². The van der Waals surface area contributed by atoms with Gasteiger partial charge in [-0.25, -0.2) is 9.97 Å². The fourth-order valence-corrected chi connectivity index (χ4v) is 3.77. The zero-order valence-corrected chi connectivity index (χ0v) is 16.0. The summed E-state index contributed by atoms with van der Waals surface area (Å²) in [4.78, 5) is 23.4. The molecule has 7 nitrogen and oxygen atoms in total. The third-order valence-electron chi connectivity index (χ3n) is 5.26. The van der Waals surface area contributed by atoms with E-state index in [-0.39, 0.29) is 11.8 Å². The number of carbonyl (C=O) groups is 1.